The van der Waals surface area contributed by atoms with E-state index in [1.54, 1.807) is 6.08 Å². The van der Waals surface area contributed by atoms with Crippen molar-refractivity contribution in [3.63, 3.8) is 0 Å². The number of nitrogens with one attached hydrogen (secondary N) is 1. The first-order valence-corrected chi connectivity index (χ1v) is 26.5. The fourth-order valence-electron chi connectivity index (χ4n) is 8.52. The van der Waals surface area contributed by atoms with Gasteiger partial charge in [0.15, 0.2) is 0 Å². The Morgan fingerprint density at radius 3 is 1.00 bits per heavy atom. The summed E-state index contributed by atoms with van der Waals surface area (Å²) in [7, 11) is 0. The highest BCUT2D eigenvalue weighted by Crippen LogP contribution is 2.18. The van der Waals surface area contributed by atoms with Gasteiger partial charge in [-0.15, -0.1) is 0 Å². The van der Waals surface area contributed by atoms with Gasteiger partial charge < -0.3 is 20.6 Å². The van der Waals surface area contributed by atoms with E-state index in [1.807, 2.05) is 6.08 Å². The summed E-state index contributed by atoms with van der Waals surface area (Å²) >= 11 is 0. The van der Waals surface area contributed by atoms with Gasteiger partial charge in [0.1, 0.15) is 0 Å². The van der Waals surface area contributed by atoms with E-state index in [9.17, 15) is 20.1 Å². The van der Waals surface area contributed by atoms with Crippen molar-refractivity contribution in [1.82, 2.24) is 5.32 Å². The Morgan fingerprint density at radius 1 is 0.431 bits per heavy atom. The second kappa shape index (κ2) is 48.8. The molecule has 4 N–H and O–H groups in total. The lowest BCUT2D eigenvalue weighted by Crippen LogP contribution is -2.45. The van der Waals surface area contributed by atoms with E-state index in [2.05, 4.69) is 19.2 Å². The summed E-state index contributed by atoms with van der Waals surface area (Å²) < 4.78 is 0. The summed E-state index contributed by atoms with van der Waals surface area (Å²) in [4.78, 5) is 12.5. The lowest BCUT2D eigenvalue weighted by Gasteiger charge is -2.21. The quantitative estimate of drug-likeness (QED) is 0.0364. The first-order chi connectivity index (χ1) is 28.5. The fourth-order valence-corrected chi connectivity index (χ4v) is 8.52. The summed E-state index contributed by atoms with van der Waals surface area (Å²) in [5, 5.41) is 33.4. The third-order valence-corrected chi connectivity index (χ3v) is 12.6. The number of carbonyl (C=O) groups is 1. The van der Waals surface area contributed by atoms with Gasteiger partial charge in [0, 0.05) is 0 Å². The molecule has 0 aliphatic rings. The number of rotatable bonds is 49. The summed E-state index contributed by atoms with van der Waals surface area (Å²) in [5.41, 5.74) is 0. The van der Waals surface area contributed by atoms with Crippen LogP contribution in [0.2, 0.25) is 0 Å². The SMILES string of the molecule is CCCCCCCCCCCCCCCCCCCCCCCC/C=C/C(O)C(CO)NC(=O)CC(O)CCCCCCCCCCCCCCCCCCCCC. The maximum atomic E-state index is 12.5. The van der Waals surface area contributed by atoms with Gasteiger partial charge in [-0.3, -0.25) is 4.79 Å². The smallest absolute Gasteiger partial charge is 0.222 e. The normalized spacial score (nSPS) is 13.4. The van der Waals surface area contributed by atoms with E-state index in [0.29, 0.717) is 6.42 Å². The summed E-state index contributed by atoms with van der Waals surface area (Å²) in [6.45, 7) is 4.25. The van der Waals surface area contributed by atoms with Crippen LogP contribution in [0.5, 0.6) is 0 Å². The second-order valence-corrected chi connectivity index (χ2v) is 18.5. The molecule has 0 saturated heterocycles. The molecule has 346 valence electrons. The summed E-state index contributed by atoms with van der Waals surface area (Å²) in [5.74, 6) is -0.309. The number of hydrogen-bond acceptors (Lipinski definition) is 4. The molecule has 5 nitrogen and oxygen atoms in total. The van der Waals surface area contributed by atoms with Crippen LogP contribution < -0.4 is 5.32 Å². The summed E-state index contributed by atoms with van der Waals surface area (Å²) in [6.07, 6.45) is 59.6. The zero-order valence-corrected chi connectivity index (χ0v) is 39.5. The van der Waals surface area contributed by atoms with E-state index < -0.39 is 18.2 Å². The van der Waals surface area contributed by atoms with Gasteiger partial charge >= 0.3 is 0 Å². The molecule has 0 saturated carbocycles. The van der Waals surface area contributed by atoms with Crippen LogP contribution in [0, 0.1) is 0 Å². The Hall–Kier alpha value is -0.910. The predicted octanol–water partition coefficient (Wildman–Crippen LogP) is 15.9. The van der Waals surface area contributed by atoms with Crippen LogP contribution in [0.3, 0.4) is 0 Å². The van der Waals surface area contributed by atoms with Gasteiger partial charge in [-0.05, 0) is 19.3 Å². The Balaban J connectivity index is 3.56. The molecule has 5 heteroatoms. The number of aliphatic hydroxyl groups is 3. The molecular weight excluding hydrogens is 715 g/mol. The topological polar surface area (TPSA) is 89.8 Å². The van der Waals surface area contributed by atoms with Crippen LogP contribution in [0.15, 0.2) is 12.2 Å². The van der Waals surface area contributed by atoms with E-state index >= 15 is 0 Å². The van der Waals surface area contributed by atoms with Gasteiger partial charge in [-0.25, -0.2) is 0 Å². The van der Waals surface area contributed by atoms with Crippen molar-refractivity contribution < 1.29 is 20.1 Å². The molecule has 58 heavy (non-hydrogen) atoms. The van der Waals surface area contributed by atoms with Crippen molar-refractivity contribution in [2.75, 3.05) is 6.61 Å². The Kier molecular flexibility index (Phi) is 48.0. The minimum Gasteiger partial charge on any atom is -0.394 e. The van der Waals surface area contributed by atoms with Crippen LogP contribution in [0.1, 0.15) is 296 Å². The Morgan fingerprint density at radius 2 is 0.707 bits per heavy atom. The predicted molar refractivity (Wildman–Crippen MR) is 255 cm³/mol. The number of aliphatic hydroxyl groups excluding tert-OH is 3. The highest BCUT2D eigenvalue weighted by atomic mass is 16.3. The molecule has 0 aromatic heterocycles. The largest absolute Gasteiger partial charge is 0.394 e. The standard InChI is InChI=1S/C53H105NO4/c1-3-5-7-9-11-13-15-17-19-21-23-24-25-26-27-29-31-33-35-37-39-41-43-45-47-52(57)51(49-55)54-53(58)48-50(56)46-44-42-40-38-36-34-32-30-28-22-20-18-16-14-12-10-8-6-4-2/h45,47,50-52,55-57H,3-44,46,48-49H2,1-2H3,(H,54,58)/b47-45+. The van der Waals surface area contributed by atoms with Gasteiger partial charge in [0.2, 0.25) is 5.91 Å². The molecule has 0 rings (SSSR count). The van der Waals surface area contributed by atoms with Crippen molar-refractivity contribution in [2.45, 2.75) is 315 Å². The number of carbonyl (C=O) groups excluding carboxylic acids is 1. The van der Waals surface area contributed by atoms with Gasteiger partial charge in [-0.2, -0.15) is 0 Å². The molecule has 0 spiro atoms. The third kappa shape index (κ3) is 44.6. The summed E-state index contributed by atoms with van der Waals surface area (Å²) in [6, 6.07) is -0.740. The fraction of sp³-hybridized carbons (Fsp3) is 0.943. The van der Waals surface area contributed by atoms with E-state index in [0.717, 1.165) is 25.7 Å². The average Bonchev–Trinajstić information content (AvgIpc) is 3.22. The van der Waals surface area contributed by atoms with Gasteiger partial charge in [0.25, 0.3) is 0 Å². The zero-order chi connectivity index (χ0) is 42.3. The lowest BCUT2D eigenvalue weighted by molar-refractivity contribution is -0.124. The molecule has 0 radical (unpaired) electrons. The average molecular weight is 820 g/mol. The first kappa shape index (κ1) is 57.1. The molecule has 0 bridgehead atoms. The van der Waals surface area contributed by atoms with Crippen LogP contribution in [0.25, 0.3) is 0 Å². The number of allylic oxidation sites excluding steroid dienone is 1. The molecule has 0 heterocycles. The molecule has 0 aromatic carbocycles. The van der Waals surface area contributed by atoms with E-state index in [1.165, 1.54) is 244 Å². The molecule has 0 aliphatic heterocycles. The Labute approximate surface area is 363 Å². The second-order valence-electron chi connectivity index (χ2n) is 18.5. The third-order valence-electron chi connectivity index (χ3n) is 12.6. The first-order valence-electron chi connectivity index (χ1n) is 26.5. The maximum absolute atomic E-state index is 12.5. The molecule has 0 aliphatic carbocycles. The van der Waals surface area contributed by atoms with Crippen LogP contribution in [-0.4, -0.2) is 46.1 Å². The van der Waals surface area contributed by atoms with Crippen molar-refractivity contribution in [3.8, 4) is 0 Å². The van der Waals surface area contributed by atoms with E-state index in [4.69, 9.17) is 0 Å². The van der Waals surface area contributed by atoms with Gasteiger partial charge in [-0.1, -0.05) is 283 Å². The van der Waals surface area contributed by atoms with Crippen LogP contribution >= 0.6 is 0 Å². The van der Waals surface area contributed by atoms with Crippen LogP contribution in [-0.2, 0) is 4.79 Å². The van der Waals surface area contributed by atoms with Crippen molar-refractivity contribution >= 4 is 5.91 Å². The van der Waals surface area contributed by atoms with Crippen molar-refractivity contribution in [2.24, 2.45) is 0 Å². The Bertz CT molecular complexity index is 818. The molecule has 1 amide bonds. The maximum Gasteiger partial charge on any atom is 0.222 e. The monoisotopic (exact) mass is 820 g/mol. The molecule has 0 aromatic rings. The molecular formula is C53H105NO4. The minimum absolute atomic E-state index is 0.0193. The lowest BCUT2D eigenvalue weighted by atomic mass is 10.0. The van der Waals surface area contributed by atoms with Crippen molar-refractivity contribution in [3.05, 3.63) is 12.2 Å². The van der Waals surface area contributed by atoms with Crippen LogP contribution in [0.4, 0.5) is 0 Å². The van der Waals surface area contributed by atoms with Gasteiger partial charge in [0.05, 0.1) is 31.3 Å². The molecule has 0 fully saturated rings. The van der Waals surface area contributed by atoms with E-state index in [-0.39, 0.29) is 18.9 Å². The molecule has 3 atom stereocenters. The van der Waals surface area contributed by atoms with Crippen molar-refractivity contribution in [1.29, 1.82) is 0 Å². The molecule has 3 unspecified atom stereocenters. The minimum atomic E-state index is -0.925. The zero-order valence-electron chi connectivity index (χ0n) is 39.5. The highest BCUT2D eigenvalue weighted by molar-refractivity contribution is 5.76. The number of hydrogen-bond donors (Lipinski definition) is 4. The highest BCUT2D eigenvalue weighted by Gasteiger charge is 2.20. The number of amides is 1. The number of unbranched alkanes of at least 4 members (excludes halogenated alkanes) is 40.